The van der Waals surface area contributed by atoms with Crippen molar-refractivity contribution in [1.82, 2.24) is 19.6 Å². The van der Waals surface area contributed by atoms with Crippen molar-refractivity contribution in [2.75, 3.05) is 27.2 Å². The summed E-state index contributed by atoms with van der Waals surface area (Å²) in [5, 5.41) is 4.71. The number of rotatable bonds is 6. The van der Waals surface area contributed by atoms with Crippen LogP contribution in [0, 0.1) is 5.41 Å². The second-order valence-corrected chi connectivity index (χ2v) is 12.5. The number of carbonyl (C=O) groups is 2. The summed E-state index contributed by atoms with van der Waals surface area (Å²) in [7, 11) is 3.76. The van der Waals surface area contributed by atoms with Crippen LogP contribution >= 0.6 is 0 Å². The van der Waals surface area contributed by atoms with Crippen LogP contribution in [0.4, 0.5) is 9.59 Å². The lowest BCUT2D eigenvalue weighted by Crippen LogP contribution is -2.38. The average Bonchev–Trinajstić information content (AvgIpc) is 3.07. The van der Waals surface area contributed by atoms with Crippen molar-refractivity contribution in [1.29, 1.82) is 0 Å². The molecule has 0 bridgehead atoms. The minimum atomic E-state index is -0.582. The largest absolute Gasteiger partial charge is 0.444 e. The molecule has 1 aromatic heterocycles. The molecule has 1 amide bonds. The molecule has 8 nitrogen and oxygen atoms in total. The molecule has 0 unspecified atom stereocenters. The van der Waals surface area contributed by atoms with Gasteiger partial charge < -0.3 is 19.3 Å². The van der Waals surface area contributed by atoms with Gasteiger partial charge >= 0.3 is 12.2 Å². The molecule has 0 saturated heterocycles. The Bertz CT molecular complexity index is 838. The minimum Gasteiger partial charge on any atom is -0.444 e. The van der Waals surface area contributed by atoms with Gasteiger partial charge in [0, 0.05) is 44.4 Å². The van der Waals surface area contributed by atoms with Gasteiger partial charge in [0.05, 0.1) is 5.69 Å². The molecule has 0 radical (unpaired) electrons. The van der Waals surface area contributed by atoms with Gasteiger partial charge in [-0.05, 0) is 79.7 Å². The van der Waals surface area contributed by atoms with Crippen molar-refractivity contribution in [2.45, 2.75) is 105 Å². The van der Waals surface area contributed by atoms with Gasteiger partial charge in [0.25, 0.3) is 0 Å². The first-order valence-corrected chi connectivity index (χ1v) is 12.4. The van der Waals surface area contributed by atoms with Gasteiger partial charge in [0.2, 0.25) is 0 Å². The lowest BCUT2D eigenvalue weighted by atomic mass is 9.72. The van der Waals surface area contributed by atoms with Crippen LogP contribution < -0.4 is 0 Å². The van der Waals surface area contributed by atoms with Crippen molar-refractivity contribution < 1.29 is 19.1 Å². The fourth-order valence-corrected chi connectivity index (χ4v) is 4.09. The first kappa shape index (κ1) is 28.1. The topological polar surface area (TPSA) is 76.9 Å². The van der Waals surface area contributed by atoms with Crippen molar-refractivity contribution in [3.63, 3.8) is 0 Å². The molecule has 34 heavy (non-hydrogen) atoms. The van der Waals surface area contributed by atoms with Crippen LogP contribution in [0.3, 0.4) is 0 Å². The Balaban J connectivity index is 2.12. The number of hydrogen-bond acceptors (Lipinski definition) is 6. The van der Waals surface area contributed by atoms with E-state index in [2.05, 4.69) is 18.7 Å². The van der Waals surface area contributed by atoms with E-state index in [1.807, 2.05) is 54.8 Å². The van der Waals surface area contributed by atoms with E-state index in [4.69, 9.17) is 14.6 Å². The summed E-state index contributed by atoms with van der Waals surface area (Å²) in [6, 6.07) is 0. The van der Waals surface area contributed by atoms with E-state index in [0.29, 0.717) is 31.0 Å². The Morgan fingerprint density at radius 3 is 2.12 bits per heavy atom. The third-order valence-electron chi connectivity index (χ3n) is 6.09. The number of amides is 1. The van der Waals surface area contributed by atoms with Crippen LogP contribution in [0.1, 0.15) is 98.2 Å². The summed E-state index contributed by atoms with van der Waals surface area (Å²) in [5.74, 6) is 0.338. The summed E-state index contributed by atoms with van der Waals surface area (Å²) in [6.45, 7) is 17.6. The number of aromatic nitrogens is 2. The number of ether oxygens (including phenoxy) is 2. The van der Waals surface area contributed by atoms with E-state index in [-0.39, 0.29) is 6.09 Å². The SMILES string of the molecule is CN(CCN(C)C(=O)OC(C)(C)C)Cc1cn(C(=O)OC(C)(C)C)nc1C1CCC(C)(C)CC1. The lowest BCUT2D eigenvalue weighted by molar-refractivity contribution is 0.0285. The van der Waals surface area contributed by atoms with Crippen molar-refractivity contribution in [3.05, 3.63) is 17.5 Å². The molecule has 1 aliphatic rings. The van der Waals surface area contributed by atoms with E-state index in [1.54, 1.807) is 11.9 Å². The molecule has 0 N–H and O–H groups in total. The van der Waals surface area contributed by atoms with Crippen molar-refractivity contribution in [2.24, 2.45) is 5.41 Å². The minimum absolute atomic E-state index is 0.329. The quantitative estimate of drug-likeness (QED) is 0.526. The molecular weight excluding hydrogens is 432 g/mol. The van der Waals surface area contributed by atoms with Crippen molar-refractivity contribution >= 4 is 12.2 Å². The second kappa shape index (κ2) is 10.7. The molecule has 1 aromatic rings. The third-order valence-corrected chi connectivity index (χ3v) is 6.09. The summed E-state index contributed by atoms with van der Waals surface area (Å²) in [6.07, 6.45) is 5.46. The summed E-state index contributed by atoms with van der Waals surface area (Å²) in [5.41, 5.74) is 1.29. The van der Waals surface area contributed by atoms with Crippen LogP contribution in [0.2, 0.25) is 0 Å². The van der Waals surface area contributed by atoms with E-state index in [0.717, 1.165) is 36.9 Å². The van der Waals surface area contributed by atoms with Crippen LogP contribution in [0.25, 0.3) is 0 Å². The summed E-state index contributed by atoms with van der Waals surface area (Å²) in [4.78, 5) is 28.7. The Morgan fingerprint density at radius 1 is 1.03 bits per heavy atom. The van der Waals surface area contributed by atoms with E-state index >= 15 is 0 Å². The second-order valence-electron chi connectivity index (χ2n) is 12.5. The van der Waals surface area contributed by atoms with E-state index in [9.17, 15) is 9.59 Å². The normalized spacial score (nSPS) is 17.0. The van der Waals surface area contributed by atoms with Gasteiger partial charge in [0.1, 0.15) is 11.2 Å². The maximum Gasteiger partial charge on any atom is 0.435 e. The molecule has 8 heteroatoms. The first-order chi connectivity index (χ1) is 15.5. The smallest absolute Gasteiger partial charge is 0.435 e. The van der Waals surface area contributed by atoms with Crippen LogP contribution in [-0.4, -0.2) is 70.2 Å². The summed E-state index contributed by atoms with van der Waals surface area (Å²) >= 11 is 0. The van der Waals surface area contributed by atoms with Crippen molar-refractivity contribution in [3.8, 4) is 0 Å². The van der Waals surface area contributed by atoms with Gasteiger partial charge in [-0.2, -0.15) is 9.78 Å². The van der Waals surface area contributed by atoms with E-state index < -0.39 is 17.3 Å². The molecule has 2 rings (SSSR count). The predicted octanol–water partition coefficient (Wildman–Crippen LogP) is 5.65. The van der Waals surface area contributed by atoms with Crippen LogP contribution in [0.5, 0.6) is 0 Å². The molecule has 1 aliphatic carbocycles. The first-order valence-electron chi connectivity index (χ1n) is 12.4. The number of hydrogen-bond donors (Lipinski definition) is 0. The highest BCUT2D eigenvalue weighted by Gasteiger charge is 2.31. The maximum atomic E-state index is 12.7. The van der Waals surface area contributed by atoms with Gasteiger partial charge in [-0.15, -0.1) is 0 Å². The molecule has 0 atom stereocenters. The monoisotopic (exact) mass is 478 g/mol. The fraction of sp³-hybridized carbons (Fsp3) is 0.808. The zero-order valence-corrected chi connectivity index (χ0v) is 23.0. The molecule has 1 fully saturated rings. The fourth-order valence-electron chi connectivity index (χ4n) is 4.09. The highest BCUT2D eigenvalue weighted by Crippen LogP contribution is 2.42. The van der Waals surface area contributed by atoms with Crippen LogP contribution in [0.15, 0.2) is 6.20 Å². The van der Waals surface area contributed by atoms with Gasteiger partial charge in [-0.3, -0.25) is 0 Å². The highest BCUT2D eigenvalue weighted by molar-refractivity contribution is 5.70. The number of likely N-dealkylation sites (N-methyl/N-ethyl adjacent to an activating group) is 2. The van der Waals surface area contributed by atoms with Gasteiger partial charge in [0.15, 0.2) is 0 Å². The third kappa shape index (κ3) is 8.93. The van der Waals surface area contributed by atoms with Crippen LogP contribution in [-0.2, 0) is 16.0 Å². The lowest BCUT2D eigenvalue weighted by Gasteiger charge is -2.34. The standard InChI is InChI=1S/C26H46N4O4/c1-24(2,3)33-22(31)29(10)16-15-28(9)17-20-18-30(23(32)34-25(4,5)6)27-21(20)19-11-13-26(7,8)14-12-19/h18-19H,11-17H2,1-10H3. The predicted molar refractivity (Wildman–Crippen MR) is 134 cm³/mol. The maximum absolute atomic E-state index is 12.7. The molecule has 194 valence electrons. The Labute approximate surface area is 205 Å². The number of nitrogens with zero attached hydrogens (tertiary/aromatic N) is 4. The Kier molecular flexibility index (Phi) is 8.83. The molecule has 0 aromatic carbocycles. The van der Waals surface area contributed by atoms with Gasteiger partial charge in [-0.1, -0.05) is 13.8 Å². The highest BCUT2D eigenvalue weighted by atomic mass is 16.6. The van der Waals surface area contributed by atoms with Gasteiger partial charge in [-0.25, -0.2) is 9.59 Å². The molecule has 1 saturated carbocycles. The molecule has 0 aliphatic heterocycles. The number of carbonyl (C=O) groups excluding carboxylic acids is 2. The zero-order valence-electron chi connectivity index (χ0n) is 23.0. The molecular formula is C26H46N4O4. The summed E-state index contributed by atoms with van der Waals surface area (Å²) < 4.78 is 12.3. The molecule has 1 heterocycles. The van der Waals surface area contributed by atoms with E-state index in [1.165, 1.54) is 4.68 Å². The zero-order chi connectivity index (χ0) is 25.9. The molecule has 0 spiro atoms. The average molecular weight is 479 g/mol. The Morgan fingerprint density at radius 2 is 1.59 bits per heavy atom. The Hall–Kier alpha value is -2.09.